The van der Waals surface area contributed by atoms with E-state index < -0.39 is 18.2 Å². The van der Waals surface area contributed by atoms with Crippen LogP contribution in [0.5, 0.6) is 0 Å². The molecule has 1 saturated carbocycles. The highest BCUT2D eigenvalue weighted by molar-refractivity contribution is 5.89. The molecule has 0 saturated heterocycles. The van der Waals surface area contributed by atoms with E-state index in [1.807, 2.05) is 12.1 Å². The molecule has 0 amide bonds. The Balaban J connectivity index is 1.84. The minimum absolute atomic E-state index is 0.168. The maximum absolute atomic E-state index is 13.3. The van der Waals surface area contributed by atoms with Crippen LogP contribution in [0.3, 0.4) is 0 Å². The fourth-order valence-corrected chi connectivity index (χ4v) is 4.78. The Labute approximate surface area is 192 Å². The van der Waals surface area contributed by atoms with Gasteiger partial charge < -0.3 is 4.74 Å². The molecule has 1 atom stereocenters. The Bertz CT molecular complexity index is 646. The molecule has 0 aliphatic heterocycles. The second-order valence-electron chi connectivity index (χ2n) is 9.47. The Morgan fingerprint density at radius 1 is 0.906 bits per heavy atom. The molecule has 2 nitrogen and oxygen atoms in total. The number of esters is 1. The Morgan fingerprint density at radius 2 is 1.50 bits per heavy atom. The number of ether oxygens (including phenoxy) is 1. The molecule has 1 aromatic carbocycles. The lowest BCUT2D eigenvalue weighted by atomic mass is 9.77. The van der Waals surface area contributed by atoms with Crippen molar-refractivity contribution in [2.75, 3.05) is 0 Å². The van der Waals surface area contributed by atoms with Gasteiger partial charge in [-0.1, -0.05) is 77.3 Å². The highest BCUT2D eigenvalue weighted by Gasteiger charge is 2.42. The standard InChI is InChI=1S/C27H41F3O2/c1-3-5-7-8-10-12-25(27(28,29)30)32-26(31)24-19-17-23(18-20-24)22-15-13-21(14-16-22)11-9-6-4-2/h17-22,25H,3-16H2,1-2H3. The van der Waals surface area contributed by atoms with Crippen molar-refractivity contribution >= 4 is 5.97 Å². The first-order chi connectivity index (χ1) is 15.3. The van der Waals surface area contributed by atoms with Gasteiger partial charge in [0, 0.05) is 0 Å². The summed E-state index contributed by atoms with van der Waals surface area (Å²) in [4.78, 5) is 12.4. The number of carbonyl (C=O) groups is 1. The van der Waals surface area contributed by atoms with Gasteiger partial charge in [0.05, 0.1) is 5.56 Å². The van der Waals surface area contributed by atoms with E-state index in [4.69, 9.17) is 4.74 Å². The summed E-state index contributed by atoms with van der Waals surface area (Å²) in [7, 11) is 0. The second-order valence-corrected chi connectivity index (χ2v) is 9.47. The molecule has 0 spiro atoms. The van der Waals surface area contributed by atoms with Crippen LogP contribution in [0, 0.1) is 5.92 Å². The molecule has 0 radical (unpaired) electrons. The predicted octanol–water partition coefficient (Wildman–Crippen LogP) is 8.99. The molecule has 1 fully saturated rings. The fraction of sp³-hybridized carbons (Fsp3) is 0.741. The van der Waals surface area contributed by atoms with Gasteiger partial charge in [0.1, 0.15) is 0 Å². The molecule has 0 heterocycles. The number of carbonyl (C=O) groups excluding carboxylic acids is 1. The molecule has 2 rings (SSSR count). The number of alkyl halides is 3. The number of unbranched alkanes of at least 4 members (excludes halogenated alkanes) is 6. The van der Waals surface area contributed by atoms with Crippen molar-refractivity contribution in [3.63, 3.8) is 0 Å². The van der Waals surface area contributed by atoms with Crippen molar-refractivity contribution < 1.29 is 22.7 Å². The van der Waals surface area contributed by atoms with E-state index >= 15 is 0 Å². The van der Waals surface area contributed by atoms with Gasteiger partial charge in [-0.05, 0) is 68.1 Å². The molecule has 0 bridgehead atoms. The zero-order valence-corrected chi connectivity index (χ0v) is 19.9. The fourth-order valence-electron chi connectivity index (χ4n) is 4.78. The molecular weight excluding hydrogens is 413 g/mol. The van der Waals surface area contributed by atoms with Crippen LogP contribution in [0.25, 0.3) is 0 Å². The number of rotatable bonds is 13. The molecule has 0 N–H and O–H groups in total. The van der Waals surface area contributed by atoms with Gasteiger partial charge in [-0.25, -0.2) is 4.79 Å². The quantitative estimate of drug-likeness (QED) is 0.219. The third kappa shape index (κ3) is 9.15. The summed E-state index contributed by atoms with van der Waals surface area (Å²) in [6.07, 6.45) is 7.37. The van der Waals surface area contributed by atoms with Crippen molar-refractivity contribution in [3.05, 3.63) is 35.4 Å². The topological polar surface area (TPSA) is 26.3 Å². The smallest absolute Gasteiger partial charge is 0.425 e. The van der Waals surface area contributed by atoms with Crippen molar-refractivity contribution in [3.8, 4) is 0 Å². The summed E-state index contributed by atoms with van der Waals surface area (Å²) in [6.45, 7) is 4.29. The van der Waals surface area contributed by atoms with Crippen LogP contribution >= 0.6 is 0 Å². The molecule has 0 aromatic heterocycles. The van der Waals surface area contributed by atoms with Crippen molar-refractivity contribution in [1.29, 1.82) is 0 Å². The lowest BCUT2D eigenvalue weighted by molar-refractivity contribution is -0.206. The maximum atomic E-state index is 13.3. The van der Waals surface area contributed by atoms with Gasteiger partial charge in [-0.2, -0.15) is 13.2 Å². The highest BCUT2D eigenvalue weighted by atomic mass is 19.4. The Kier molecular flexibility index (Phi) is 11.6. The number of benzene rings is 1. The summed E-state index contributed by atoms with van der Waals surface area (Å²) in [6, 6.07) is 7.04. The zero-order valence-electron chi connectivity index (χ0n) is 19.9. The maximum Gasteiger partial charge on any atom is 0.425 e. The third-order valence-electron chi connectivity index (χ3n) is 6.86. The summed E-state index contributed by atoms with van der Waals surface area (Å²) in [5, 5.41) is 0. The first kappa shape index (κ1) is 26.7. The normalized spacial score (nSPS) is 20.2. The second kappa shape index (κ2) is 13.9. The van der Waals surface area contributed by atoms with Gasteiger partial charge in [-0.3, -0.25) is 0 Å². The molecule has 182 valence electrons. The first-order valence-corrected chi connectivity index (χ1v) is 12.7. The molecule has 32 heavy (non-hydrogen) atoms. The van der Waals surface area contributed by atoms with Crippen molar-refractivity contribution in [2.45, 2.75) is 122 Å². The van der Waals surface area contributed by atoms with E-state index in [0.717, 1.165) is 44.4 Å². The lowest BCUT2D eigenvalue weighted by Crippen LogP contribution is -2.33. The van der Waals surface area contributed by atoms with Crippen molar-refractivity contribution in [1.82, 2.24) is 0 Å². The van der Waals surface area contributed by atoms with Gasteiger partial charge in [-0.15, -0.1) is 0 Å². The van der Waals surface area contributed by atoms with Crippen LogP contribution in [0.2, 0.25) is 0 Å². The number of hydrogen-bond acceptors (Lipinski definition) is 2. The minimum atomic E-state index is -4.53. The molecule has 1 aliphatic carbocycles. The van der Waals surface area contributed by atoms with E-state index in [1.54, 1.807) is 12.1 Å². The van der Waals surface area contributed by atoms with Crippen molar-refractivity contribution in [2.24, 2.45) is 5.92 Å². The highest BCUT2D eigenvalue weighted by Crippen LogP contribution is 2.38. The van der Waals surface area contributed by atoms with Crippen LogP contribution < -0.4 is 0 Å². The van der Waals surface area contributed by atoms with Crippen LogP contribution in [0.15, 0.2) is 24.3 Å². The molecule has 1 unspecified atom stereocenters. The number of halogens is 3. The molecular formula is C27H41F3O2. The Hall–Kier alpha value is -1.52. The lowest BCUT2D eigenvalue weighted by Gasteiger charge is -2.29. The molecule has 5 heteroatoms. The molecule has 1 aliphatic rings. The van der Waals surface area contributed by atoms with Gasteiger partial charge in [0.2, 0.25) is 0 Å². The summed E-state index contributed by atoms with van der Waals surface area (Å²) >= 11 is 0. The average molecular weight is 455 g/mol. The van der Waals surface area contributed by atoms with Crippen LogP contribution in [0.1, 0.15) is 126 Å². The third-order valence-corrected chi connectivity index (χ3v) is 6.86. The van der Waals surface area contributed by atoms with E-state index in [9.17, 15) is 18.0 Å². The van der Waals surface area contributed by atoms with E-state index in [0.29, 0.717) is 12.3 Å². The van der Waals surface area contributed by atoms with Gasteiger partial charge >= 0.3 is 12.1 Å². The Morgan fingerprint density at radius 3 is 2.09 bits per heavy atom. The summed E-state index contributed by atoms with van der Waals surface area (Å²) in [5.74, 6) is 0.425. The SMILES string of the molecule is CCCCCCCC(OC(=O)c1ccc(C2CCC(CCCCC)CC2)cc1)C(F)(F)F. The molecule has 1 aromatic rings. The first-order valence-electron chi connectivity index (χ1n) is 12.7. The van der Waals surface area contributed by atoms with E-state index in [2.05, 4.69) is 13.8 Å². The van der Waals surface area contributed by atoms with Crippen LogP contribution in [-0.4, -0.2) is 18.2 Å². The zero-order chi connectivity index (χ0) is 23.4. The van der Waals surface area contributed by atoms with E-state index in [-0.39, 0.29) is 12.0 Å². The average Bonchev–Trinajstić information content (AvgIpc) is 2.78. The number of hydrogen-bond donors (Lipinski definition) is 0. The van der Waals surface area contributed by atoms with Crippen LogP contribution in [-0.2, 0) is 4.74 Å². The van der Waals surface area contributed by atoms with Crippen LogP contribution in [0.4, 0.5) is 13.2 Å². The van der Waals surface area contributed by atoms with Gasteiger partial charge in [0.25, 0.3) is 0 Å². The summed E-state index contributed by atoms with van der Waals surface area (Å²) < 4.78 is 44.9. The summed E-state index contributed by atoms with van der Waals surface area (Å²) in [5.41, 5.74) is 1.37. The van der Waals surface area contributed by atoms with E-state index in [1.165, 1.54) is 44.1 Å². The minimum Gasteiger partial charge on any atom is -0.449 e. The predicted molar refractivity (Wildman–Crippen MR) is 124 cm³/mol. The monoisotopic (exact) mass is 454 g/mol. The largest absolute Gasteiger partial charge is 0.449 e. The van der Waals surface area contributed by atoms with Gasteiger partial charge in [0.15, 0.2) is 6.10 Å².